The molecule has 0 N–H and O–H groups in total. The van der Waals surface area contributed by atoms with E-state index in [9.17, 15) is 0 Å². The second kappa shape index (κ2) is 13.6. The van der Waals surface area contributed by atoms with E-state index < -0.39 is 8.24 Å². The molecule has 1 fully saturated rings. The van der Waals surface area contributed by atoms with E-state index in [4.69, 9.17) is 12.9 Å². The van der Waals surface area contributed by atoms with Crippen molar-refractivity contribution in [3.05, 3.63) is 46.5 Å². The average molecular weight is 623 g/mol. The fourth-order valence-electron chi connectivity index (χ4n) is 6.40. The van der Waals surface area contributed by atoms with Crippen LogP contribution in [0, 0.1) is 0 Å². The Morgan fingerprint density at radius 1 is 0.500 bits per heavy atom. The zero-order valence-corrected chi connectivity index (χ0v) is 31.2. The molecule has 1 aliphatic rings. The lowest BCUT2D eigenvalue weighted by atomic mass is 9.77. The summed E-state index contributed by atoms with van der Waals surface area (Å²) in [5.41, 5.74) is 6.73. The molecule has 3 aromatic rings. The number of benzene rings is 2. The van der Waals surface area contributed by atoms with Gasteiger partial charge in [-0.1, -0.05) is 153 Å². The number of fused-ring (bicyclic) bond motifs is 3. The third kappa shape index (κ3) is 8.76. The van der Waals surface area contributed by atoms with Gasteiger partial charge in [-0.05, 0) is 57.8 Å². The lowest BCUT2D eigenvalue weighted by Gasteiger charge is -2.27. The highest BCUT2D eigenvalue weighted by Crippen LogP contribution is 2.45. The molecule has 1 aromatic heterocycles. The first-order valence-corrected chi connectivity index (χ1v) is 18.7. The molecule has 1 aliphatic carbocycles. The van der Waals surface area contributed by atoms with E-state index in [1.807, 2.05) is 0 Å². The summed E-state index contributed by atoms with van der Waals surface area (Å²) in [6.07, 6.45) is 14.1. The summed E-state index contributed by atoms with van der Waals surface area (Å²) < 4.78 is 21.1. The molecule has 4 heteroatoms. The predicted molar refractivity (Wildman–Crippen MR) is 192 cm³/mol. The Morgan fingerprint density at radius 2 is 0.841 bits per heavy atom. The highest BCUT2D eigenvalue weighted by molar-refractivity contribution is 7.31. The topological polar surface area (TPSA) is 35.5 Å². The van der Waals surface area contributed by atoms with Gasteiger partial charge in [0.25, 0.3) is 0 Å². The maximum atomic E-state index is 7.05. The first-order valence-electron chi connectivity index (χ1n) is 17.6. The molecule has 0 unspecified atom stereocenters. The zero-order chi connectivity index (χ0) is 32.5. The highest BCUT2D eigenvalue weighted by Gasteiger charge is 2.29. The van der Waals surface area contributed by atoms with E-state index in [0.29, 0.717) is 0 Å². The summed E-state index contributed by atoms with van der Waals surface area (Å²) >= 11 is 0. The number of rotatable bonds is 2. The van der Waals surface area contributed by atoms with Crippen molar-refractivity contribution in [1.29, 1.82) is 0 Å². The van der Waals surface area contributed by atoms with E-state index in [1.54, 1.807) is 0 Å². The van der Waals surface area contributed by atoms with Crippen LogP contribution in [0.1, 0.15) is 176 Å². The van der Waals surface area contributed by atoms with Gasteiger partial charge in [0.2, 0.25) is 0 Å². The molecule has 3 nitrogen and oxygen atoms in total. The van der Waals surface area contributed by atoms with Gasteiger partial charge in [0.1, 0.15) is 11.2 Å². The van der Waals surface area contributed by atoms with Crippen LogP contribution in [-0.4, -0.2) is 6.10 Å². The maximum Gasteiger partial charge on any atom is 0.387 e. The van der Waals surface area contributed by atoms with E-state index in [2.05, 4.69) is 107 Å². The molecule has 246 valence electrons. The minimum Gasteiger partial charge on any atom is -0.399 e. The quantitative estimate of drug-likeness (QED) is 0.285. The van der Waals surface area contributed by atoms with Crippen molar-refractivity contribution >= 4 is 30.2 Å². The van der Waals surface area contributed by atoms with Gasteiger partial charge in [0.15, 0.2) is 0 Å². The van der Waals surface area contributed by atoms with Gasteiger partial charge in [-0.25, -0.2) is 0 Å². The molecular weight excluding hydrogens is 559 g/mol. The summed E-state index contributed by atoms with van der Waals surface area (Å²) in [5, 5.41) is 2.28. The average Bonchev–Trinajstić information content (AvgIpc) is 3.03. The molecule has 44 heavy (non-hydrogen) atoms. The fraction of sp³-hybridized carbons (Fsp3) is 0.700. The van der Waals surface area contributed by atoms with Crippen molar-refractivity contribution in [1.82, 2.24) is 0 Å². The number of hydrogen-bond acceptors (Lipinski definition) is 3. The summed E-state index contributed by atoms with van der Waals surface area (Å²) in [6.45, 7) is 27.6. The predicted octanol–water partition coefficient (Wildman–Crippen LogP) is 13.6. The van der Waals surface area contributed by atoms with Gasteiger partial charge in [-0.3, -0.25) is 4.52 Å². The van der Waals surface area contributed by atoms with Gasteiger partial charge in [-0.2, -0.15) is 0 Å². The Morgan fingerprint density at radius 3 is 1.16 bits per heavy atom. The third-order valence-electron chi connectivity index (χ3n) is 9.44. The molecule has 2 aromatic carbocycles. The van der Waals surface area contributed by atoms with Crippen LogP contribution in [0.2, 0.25) is 0 Å². The molecule has 0 aliphatic heterocycles. The highest BCUT2D eigenvalue weighted by atomic mass is 31.1. The Balaban J connectivity index is 2.07. The van der Waals surface area contributed by atoms with Crippen LogP contribution >= 0.6 is 8.24 Å². The van der Waals surface area contributed by atoms with Gasteiger partial charge in [0.05, 0.1) is 6.10 Å². The van der Waals surface area contributed by atoms with Crippen molar-refractivity contribution in [2.24, 2.45) is 0 Å². The van der Waals surface area contributed by atoms with Gasteiger partial charge in [-0.15, -0.1) is 0 Å². The van der Waals surface area contributed by atoms with Crippen LogP contribution in [0.5, 0.6) is 0 Å². The van der Waals surface area contributed by atoms with Gasteiger partial charge in [0, 0.05) is 21.9 Å². The summed E-state index contributed by atoms with van der Waals surface area (Å²) in [6, 6.07) is 9.51. The summed E-state index contributed by atoms with van der Waals surface area (Å²) in [5.74, 6) is 0. The summed E-state index contributed by atoms with van der Waals surface area (Å²) in [7, 11) is -1.64. The van der Waals surface area contributed by atoms with Crippen molar-refractivity contribution in [3.8, 4) is 0 Å². The van der Waals surface area contributed by atoms with Crippen LogP contribution < -0.4 is 4.52 Å². The molecule has 0 amide bonds. The minimum atomic E-state index is -1.64. The van der Waals surface area contributed by atoms with E-state index in [-0.39, 0.29) is 27.8 Å². The molecule has 0 bridgehead atoms. The SMILES string of the molecule is CC(C)(C)c1cc(C(C)(C)C)c2op(OC3CCCCCCCCCCC3)oc3c(C(C)(C)C)cc(C(C)(C)C)cc3c2c1. The molecule has 4 rings (SSSR count). The second-order valence-electron chi connectivity index (χ2n) is 17.7. The van der Waals surface area contributed by atoms with E-state index in [1.165, 1.54) is 80.0 Å². The third-order valence-corrected chi connectivity index (χ3v) is 10.6. The molecule has 1 saturated carbocycles. The molecule has 0 atom stereocenters. The Bertz CT molecular complexity index is 1340. The van der Waals surface area contributed by atoms with Crippen molar-refractivity contribution in [2.45, 2.75) is 181 Å². The molecule has 0 radical (unpaired) electrons. The molecule has 1 heterocycles. The van der Waals surface area contributed by atoms with Crippen molar-refractivity contribution in [2.75, 3.05) is 0 Å². The van der Waals surface area contributed by atoms with Crippen LogP contribution in [0.3, 0.4) is 0 Å². The lowest BCUT2D eigenvalue weighted by molar-refractivity contribution is 0.220. The van der Waals surface area contributed by atoms with Crippen LogP contribution in [0.25, 0.3) is 21.9 Å². The molecule has 0 saturated heterocycles. The van der Waals surface area contributed by atoms with Gasteiger partial charge < -0.3 is 8.39 Å². The fourth-order valence-corrected chi connectivity index (χ4v) is 7.67. The van der Waals surface area contributed by atoms with Crippen molar-refractivity contribution in [3.63, 3.8) is 0 Å². The largest absolute Gasteiger partial charge is 0.399 e. The monoisotopic (exact) mass is 622 g/mol. The molecule has 0 spiro atoms. The Kier molecular flexibility index (Phi) is 10.8. The van der Waals surface area contributed by atoms with Gasteiger partial charge >= 0.3 is 8.24 Å². The molecular formula is C40H63O3P. The second-order valence-corrected chi connectivity index (χ2v) is 18.7. The zero-order valence-electron chi connectivity index (χ0n) is 30.3. The Labute approximate surface area is 270 Å². The van der Waals surface area contributed by atoms with Crippen LogP contribution in [0.4, 0.5) is 0 Å². The van der Waals surface area contributed by atoms with E-state index in [0.717, 1.165) is 34.8 Å². The maximum absolute atomic E-state index is 7.05. The Hall–Kier alpha value is -1.70. The van der Waals surface area contributed by atoms with E-state index >= 15 is 0 Å². The normalized spacial score (nSPS) is 17.5. The standard InChI is InChI=1S/C40H63O3P/c1-37(2,3)28-24-31-32-25-29(38(4,5)6)27-34(40(10,11)12)36(32)43-44(42-35(31)33(26-28)39(7,8)9)41-30-22-20-18-16-14-13-15-17-19-21-23-30/h24-27,30H,13-23H2,1-12H3. The van der Waals surface area contributed by atoms with Crippen molar-refractivity contribution < 1.29 is 12.9 Å². The summed E-state index contributed by atoms with van der Waals surface area (Å²) in [4.78, 5) is 0. The smallest absolute Gasteiger partial charge is 0.387 e. The lowest BCUT2D eigenvalue weighted by Crippen LogP contribution is -2.17. The van der Waals surface area contributed by atoms with Crippen LogP contribution in [-0.2, 0) is 21.7 Å². The number of hydrogen-bond donors (Lipinski definition) is 0. The minimum absolute atomic E-state index is 0.00818. The van der Waals surface area contributed by atoms with Crippen LogP contribution in [0.15, 0.2) is 32.7 Å². The first-order chi connectivity index (χ1) is 20.4. The first kappa shape index (κ1) is 35.2.